The van der Waals surface area contributed by atoms with Crippen LogP contribution in [0, 0.1) is 12.8 Å². The van der Waals surface area contributed by atoms with E-state index in [9.17, 15) is 9.90 Å². The Bertz CT molecular complexity index is 475. The predicted octanol–water partition coefficient (Wildman–Crippen LogP) is 2.43. The summed E-state index contributed by atoms with van der Waals surface area (Å²) in [6.07, 6.45) is 3.22. The van der Waals surface area contributed by atoms with E-state index in [2.05, 4.69) is 5.32 Å². The second-order valence-electron chi connectivity index (χ2n) is 5.93. The molecular weight excluding hydrogens is 266 g/mol. The average molecular weight is 291 g/mol. The molecule has 0 bridgehead atoms. The number of benzene rings is 1. The Morgan fingerprint density at radius 1 is 1.43 bits per heavy atom. The maximum Gasteiger partial charge on any atom is 0.260 e. The molecule has 2 rings (SSSR count). The summed E-state index contributed by atoms with van der Waals surface area (Å²) in [5.41, 5.74) is 1.10. The Kier molecular flexibility index (Phi) is 5.62. The molecule has 1 saturated carbocycles. The number of aryl methyl sites for hydroxylation is 1. The Morgan fingerprint density at radius 2 is 2.19 bits per heavy atom. The molecule has 3 unspecified atom stereocenters. The molecule has 4 nitrogen and oxygen atoms in total. The van der Waals surface area contributed by atoms with Crippen molar-refractivity contribution in [2.45, 2.75) is 51.7 Å². The monoisotopic (exact) mass is 291 g/mol. The van der Waals surface area contributed by atoms with Crippen molar-refractivity contribution in [1.29, 1.82) is 0 Å². The van der Waals surface area contributed by atoms with Gasteiger partial charge in [-0.15, -0.1) is 0 Å². The first-order chi connectivity index (χ1) is 10.1. The summed E-state index contributed by atoms with van der Waals surface area (Å²) in [4.78, 5) is 12.1. The Morgan fingerprint density at radius 3 is 2.90 bits per heavy atom. The van der Waals surface area contributed by atoms with Gasteiger partial charge in [-0.2, -0.15) is 0 Å². The van der Waals surface area contributed by atoms with Crippen LogP contribution in [0.2, 0.25) is 0 Å². The van der Waals surface area contributed by atoms with Gasteiger partial charge in [0.25, 0.3) is 5.91 Å². The number of hydrogen-bond acceptors (Lipinski definition) is 3. The van der Waals surface area contributed by atoms with Crippen molar-refractivity contribution >= 4 is 5.91 Å². The van der Waals surface area contributed by atoms with Crippen LogP contribution in [0.5, 0.6) is 5.75 Å². The SMILES string of the molecule is Cc1cccc(OC(C)C(=O)NCC2CCCCC2O)c1. The highest BCUT2D eigenvalue weighted by Gasteiger charge is 2.24. The summed E-state index contributed by atoms with van der Waals surface area (Å²) in [7, 11) is 0. The fraction of sp³-hybridized carbons (Fsp3) is 0.588. The summed E-state index contributed by atoms with van der Waals surface area (Å²) < 4.78 is 5.65. The zero-order valence-corrected chi connectivity index (χ0v) is 12.8. The Hall–Kier alpha value is -1.55. The zero-order chi connectivity index (χ0) is 15.2. The average Bonchev–Trinajstić information content (AvgIpc) is 2.46. The fourth-order valence-corrected chi connectivity index (χ4v) is 2.75. The number of ether oxygens (including phenoxy) is 1. The molecule has 0 aliphatic heterocycles. The Balaban J connectivity index is 1.79. The molecule has 21 heavy (non-hydrogen) atoms. The van der Waals surface area contributed by atoms with Gasteiger partial charge in [0, 0.05) is 12.5 Å². The molecule has 0 heterocycles. The van der Waals surface area contributed by atoms with Crippen LogP contribution in [0.3, 0.4) is 0 Å². The van der Waals surface area contributed by atoms with Crippen LogP contribution in [0.25, 0.3) is 0 Å². The topological polar surface area (TPSA) is 58.6 Å². The molecule has 1 aliphatic rings. The standard InChI is InChI=1S/C17H25NO3/c1-12-6-5-8-15(10-12)21-13(2)17(20)18-11-14-7-3-4-9-16(14)19/h5-6,8,10,13-14,16,19H,3-4,7,9,11H2,1-2H3,(H,18,20). The summed E-state index contributed by atoms with van der Waals surface area (Å²) in [6.45, 7) is 4.26. The first kappa shape index (κ1) is 15.8. The lowest BCUT2D eigenvalue weighted by molar-refractivity contribution is -0.127. The molecule has 0 spiro atoms. The molecule has 1 amide bonds. The van der Waals surface area contributed by atoms with E-state index in [1.54, 1.807) is 6.92 Å². The second kappa shape index (κ2) is 7.46. The number of carbonyl (C=O) groups excluding carboxylic acids is 1. The third kappa shape index (κ3) is 4.74. The van der Waals surface area contributed by atoms with E-state index in [0.717, 1.165) is 31.2 Å². The first-order valence-corrected chi connectivity index (χ1v) is 7.75. The minimum atomic E-state index is -0.535. The van der Waals surface area contributed by atoms with Gasteiger partial charge >= 0.3 is 0 Å². The lowest BCUT2D eigenvalue weighted by atomic mass is 9.86. The van der Waals surface area contributed by atoms with Gasteiger partial charge in [0.05, 0.1) is 6.10 Å². The summed E-state index contributed by atoms with van der Waals surface area (Å²) in [5, 5.41) is 12.8. The van der Waals surface area contributed by atoms with Crippen LogP contribution < -0.4 is 10.1 Å². The number of amides is 1. The number of aliphatic hydroxyl groups is 1. The van der Waals surface area contributed by atoms with Crippen molar-refractivity contribution in [2.75, 3.05) is 6.54 Å². The lowest BCUT2D eigenvalue weighted by Crippen LogP contribution is -2.42. The van der Waals surface area contributed by atoms with Gasteiger partial charge in [0.15, 0.2) is 6.10 Å². The normalized spacial score (nSPS) is 23.4. The minimum absolute atomic E-state index is 0.130. The van der Waals surface area contributed by atoms with Gasteiger partial charge in [0.1, 0.15) is 5.75 Å². The second-order valence-corrected chi connectivity index (χ2v) is 5.93. The van der Waals surface area contributed by atoms with Gasteiger partial charge in [-0.1, -0.05) is 25.0 Å². The van der Waals surface area contributed by atoms with E-state index in [1.165, 1.54) is 0 Å². The van der Waals surface area contributed by atoms with E-state index in [4.69, 9.17) is 4.74 Å². The van der Waals surface area contributed by atoms with E-state index in [1.807, 2.05) is 31.2 Å². The molecule has 3 atom stereocenters. The molecule has 0 saturated heterocycles. The van der Waals surface area contributed by atoms with Crippen LogP contribution in [0.1, 0.15) is 38.2 Å². The fourth-order valence-electron chi connectivity index (χ4n) is 2.75. The van der Waals surface area contributed by atoms with E-state index in [0.29, 0.717) is 12.3 Å². The van der Waals surface area contributed by atoms with Crippen molar-refractivity contribution in [3.05, 3.63) is 29.8 Å². The van der Waals surface area contributed by atoms with Crippen molar-refractivity contribution in [1.82, 2.24) is 5.32 Å². The van der Waals surface area contributed by atoms with Crippen LogP contribution in [0.4, 0.5) is 0 Å². The minimum Gasteiger partial charge on any atom is -0.481 e. The highest BCUT2D eigenvalue weighted by Crippen LogP contribution is 2.23. The van der Waals surface area contributed by atoms with Crippen LogP contribution in [-0.2, 0) is 4.79 Å². The smallest absolute Gasteiger partial charge is 0.260 e. The Labute approximate surface area is 126 Å². The first-order valence-electron chi connectivity index (χ1n) is 7.75. The molecule has 116 valence electrons. The largest absolute Gasteiger partial charge is 0.481 e. The number of carbonyl (C=O) groups is 1. The maximum absolute atomic E-state index is 12.1. The lowest BCUT2D eigenvalue weighted by Gasteiger charge is -2.28. The van der Waals surface area contributed by atoms with Gasteiger partial charge in [0.2, 0.25) is 0 Å². The van der Waals surface area contributed by atoms with Crippen LogP contribution in [-0.4, -0.2) is 29.8 Å². The molecule has 1 aliphatic carbocycles. The number of nitrogens with one attached hydrogen (secondary N) is 1. The summed E-state index contributed by atoms with van der Waals surface area (Å²) >= 11 is 0. The number of rotatable bonds is 5. The molecule has 1 aromatic carbocycles. The van der Waals surface area contributed by atoms with E-state index in [-0.39, 0.29) is 17.9 Å². The molecule has 4 heteroatoms. The highest BCUT2D eigenvalue weighted by atomic mass is 16.5. The van der Waals surface area contributed by atoms with Gasteiger partial charge in [-0.05, 0) is 44.4 Å². The van der Waals surface area contributed by atoms with Crippen molar-refractivity contribution in [3.8, 4) is 5.75 Å². The molecule has 2 N–H and O–H groups in total. The molecule has 0 aromatic heterocycles. The van der Waals surface area contributed by atoms with Gasteiger partial charge in [-0.25, -0.2) is 0 Å². The maximum atomic E-state index is 12.1. The van der Waals surface area contributed by atoms with Crippen LogP contribution in [0.15, 0.2) is 24.3 Å². The highest BCUT2D eigenvalue weighted by molar-refractivity contribution is 5.80. The van der Waals surface area contributed by atoms with E-state index >= 15 is 0 Å². The molecule has 1 fully saturated rings. The molecule has 0 radical (unpaired) electrons. The number of aliphatic hydroxyl groups excluding tert-OH is 1. The van der Waals surface area contributed by atoms with Gasteiger partial charge < -0.3 is 15.2 Å². The quantitative estimate of drug-likeness (QED) is 0.876. The van der Waals surface area contributed by atoms with Crippen molar-refractivity contribution in [2.24, 2.45) is 5.92 Å². The predicted molar refractivity (Wildman–Crippen MR) is 82.2 cm³/mol. The third-order valence-corrected chi connectivity index (χ3v) is 4.08. The summed E-state index contributed by atoms with van der Waals surface area (Å²) in [6, 6.07) is 7.66. The molecule has 1 aromatic rings. The molecular formula is C17H25NO3. The zero-order valence-electron chi connectivity index (χ0n) is 12.8. The van der Waals surface area contributed by atoms with E-state index < -0.39 is 6.10 Å². The van der Waals surface area contributed by atoms with Crippen LogP contribution >= 0.6 is 0 Å². The van der Waals surface area contributed by atoms with Crippen molar-refractivity contribution < 1.29 is 14.6 Å². The van der Waals surface area contributed by atoms with Gasteiger partial charge in [-0.3, -0.25) is 4.79 Å². The number of hydrogen-bond donors (Lipinski definition) is 2. The summed E-state index contributed by atoms with van der Waals surface area (Å²) in [5.74, 6) is 0.749. The van der Waals surface area contributed by atoms with Crippen molar-refractivity contribution in [3.63, 3.8) is 0 Å². The third-order valence-electron chi connectivity index (χ3n) is 4.08.